The van der Waals surface area contributed by atoms with Gasteiger partial charge in [0.05, 0.1) is 6.20 Å². The summed E-state index contributed by atoms with van der Waals surface area (Å²) in [7, 11) is 0. The Bertz CT molecular complexity index is 749. The topological polar surface area (TPSA) is 54.6 Å². The summed E-state index contributed by atoms with van der Waals surface area (Å²) < 4.78 is 14.6. The molecule has 0 aliphatic rings. The maximum atomic E-state index is 13.2. The molecule has 84 valence electrons. The number of rotatable bonds is 1. The SMILES string of the molecule is O=C(O)c1cnc2c3cc(F)ccc3ccn12. The number of hydrogen-bond acceptors (Lipinski definition) is 2. The van der Waals surface area contributed by atoms with Crippen LogP contribution in [0.1, 0.15) is 10.5 Å². The zero-order valence-corrected chi connectivity index (χ0v) is 8.59. The highest BCUT2D eigenvalue weighted by atomic mass is 19.1. The first-order valence-electron chi connectivity index (χ1n) is 4.95. The quantitative estimate of drug-likeness (QED) is 0.698. The fourth-order valence-electron chi connectivity index (χ4n) is 1.89. The standard InChI is InChI=1S/C12H7FN2O2/c13-8-2-1-7-3-4-15-10(12(16)17)6-14-11(15)9(7)5-8/h1-6H,(H,16,17). The van der Waals surface area contributed by atoms with Crippen molar-refractivity contribution < 1.29 is 14.3 Å². The van der Waals surface area contributed by atoms with Crippen molar-refractivity contribution in [2.75, 3.05) is 0 Å². The third-order valence-corrected chi connectivity index (χ3v) is 2.68. The molecule has 5 heteroatoms. The fraction of sp³-hybridized carbons (Fsp3) is 0. The minimum absolute atomic E-state index is 0.0613. The highest BCUT2D eigenvalue weighted by Gasteiger charge is 2.12. The third kappa shape index (κ3) is 1.36. The Balaban J connectivity index is 2.48. The Labute approximate surface area is 94.9 Å². The van der Waals surface area contributed by atoms with E-state index in [-0.39, 0.29) is 11.5 Å². The van der Waals surface area contributed by atoms with Gasteiger partial charge >= 0.3 is 5.97 Å². The summed E-state index contributed by atoms with van der Waals surface area (Å²) in [5.41, 5.74) is 0.505. The lowest BCUT2D eigenvalue weighted by Gasteiger charge is -2.01. The van der Waals surface area contributed by atoms with Gasteiger partial charge in [0.15, 0.2) is 5.69 Å². The van der Waals surface area contributed by atoms with Crippen molar-refractivity contribution in [2.24, 2.45) is 0 Å². The maximum Gasteiger partial charge on any atom is 0.354 e. The summed E-state index contributed by atoms with van der Waals surface area (Å²) in [5, 5.41) is 10.4. The molecule has 0 saturated carbocycles. The van der Waals surface area contributed by atoms with Gasteiger partial charge in [-0.25, -0.2) is 14.2 Å². The summed E-state index contributed by atoms with van der Waals surface area (Å²) in [4.78, 5) is 15.0. The number of hydrogen-bond donors (Lipinski definition) is 1. The molecule has 0 saturated heterocycles. The van der Waals surface area contributed by atoms with Gasteiger partial charge in [-0.3, -0.25) is 4.40 Å². The van der Waals surface area contributed by atoms with Crippen LogP contribution in [0.3, 0.4) is 0 Å². The van der Waals surface area contributed by atoms with Gasteiger partial charge in [-0.1, -0.05) is 6.07 Å². The largest absolute Gasteiger partial charge is 0.477 e. The number of imidazole rings is 1. The van der Waals surface area contributed by atoms with Crippen molar-refractivity contribution in [3.05, 3.63) is 48.2 Å². The molecule has 1 N–H and O–H groups in total. The van der Waals surface area contributed by atoms with Crippen LogP contribution in [0.15, 0.2) is 36.7 Å². The lowest BCUT2D eigenvalue weighted by Crippen LogP contribution is -2.01. The summed E-state index contributed by atoms with van der Waals surface area (Å²) in [6, 6.07) is 6.08. The predicted octanol–water partition coefficient (Wildman–Crippen LogP) is 2.32. The number of pyridine rings is 1. The van der Waals surface area contributed by atoms with Gasteiger partial charge < -0.3 is 5.11 Å². The summed E-state index contributed by atoms with van der Waals surface area (Å²) in [6.07, 6.45) is 2.88. The molecule has 3 rings (SSSR count). The number of carboxylic acid groups (broad SMARTS) is 1. The average molecular weight is 230 g/mol. The average Bonchev–Trinajstić information content (AvgIpc) is 2.72. The number of carboxylic acids is 1. The number of benzene rings is 1. The second kappa shape index (κ2) is 3.28. The Morgan fingerprint density at radius 3 is 2.94 bits per heavy atom. The molecular weight excluding hydrogens is 223 g/mol. The minimum atomic E-state index is -1.06. The van der Waals surface area contributed by atoms with E-state index < -0.39 is 5.97 Å². The summed E-state index contributed by atoms with van der Waals surface area (Å²) >= 11 is 0. The Morgan fingerprint density at radius 1 is 1.35 bits per heavy atom. The van der Waals surface area contributed by atoms with Crippen molar-refractivity contribution in [3.63, 3.8) is 0 Å². The molecule has 0 unspecified atom stereocenters. The van der Waals surface area contributed by atoms with Crippen LogP contribution in [0.2, 0.25) is 0 Å². The number of aromatic nitrogens is 2. The van der Waals surface area contributed by atoms with E-state index in [0.29, 0.717) is 11.0 Å². The van der Waals surface area contributed by atoms with Crippen LogP contribution in [0.5, 0.6) is 0 Å². The van der Waals surface area contributed by atoms with Crippen molar-refractivity contribution in [1.82, 2.24) is 9.38 Å². The second-order valence-corrected chi connectivity index (χ2v) is 3.69. The highest BCUT2D eigenvalue weighted by Crippen LogP contribution is 2.21. The molecule has 0 spiro atoms. The first kappa shape index (κ1) is 9.77. The molecule has 0 fully saturated rings. The molecule has 0 atom stereocenters. The van der Waals surface area contributed by atoms with Crippen molar-refractivity contribution in [2.45, 2.75) is 0 Å². The lowest BCUT2D eigenvalue weighted by atomic mass is 10.1. The van der Waals surface area contributed by atoms with Crippen molar-refractivity contribution >= 4 is 22.4 Å². The molecule has 2 heterocycles. The number of carbonyl (C=O) groups is 1. The van der Waals surface area contributed by atoms with Crippen molar-refractivity contribution in [1.29, 1.82) is 0 Å². The lowest BCUT2D eigenvalue weighted by molar-refractivity contribution is 0.0689. The van der Waals surface area contributed by atoms with Crippen LogP contribution in [0, 0.1) is 5.82 Å². The van der Waals surface area contributed by atoms with Crippen LogP contribution in [-0.4, -0.2) is 20.5 Å². The molecule has 17 heavy (non-hydrogen) atoms. The molecule has 0 radical (unpaired) electrons. The first-order valence-corrected chi connectivity index (χ1v) is 4.95. The number of aromatic carboxylic acids is 1. The molecule has 0 aliphatic carbocycles. The van der Waals surface area contributed by atoms with E-state index >= 15 is 0 Å². The van der Waals surface area contributed by atoms with Crippen LogP contribution in [0.4, 0.5) is 4.39 Å². The van der Waals surface area contributed by atoms with E-state index in [9.17, 15) is 9.18 Å². The van der Waals surface area contributed by atoms with Crippen LogP contribution in [0.25, 0.3) is 16.4 Å². The Morgan fingerprint density at radius 2 is 2.18 bits per heavy atom. The molecular formula is C12H7FN2O2. The van der Waals surface area contributed by atoms with E-state index in [1.165, 1.54) is 22.7 Å². The van der Waals surface area contributed by atoms with Crippen LogP contribution in [-0.2, 0) is 0 Å². The fourth-order valence-corrected chi connectivity index (χ4v) is 1.89. The van der Waals surface area contributed by atoms with E-state index in [2.05, 4.69) is 4.98 Å². The smallest absolute Gasteiger partial charge is 0.354 e. The normalized spacial score (nSPS) is 11.1. The van der Waals surface area contributed by atoms with E-state index in [0.717, 1.165) is 5.39 Å². The zero-order chi connectivity index (χ0) is 12.0. The van der Waals surface area contributed by atoms with Crippen LogP contribution >= 0.6 is 0 Å². The van der Waals surface area contributed by atoms with Gasteiger partial charge in [-0.05, 0) is 23.6 Å². The van der Waals surface area contributed by atoms with E-state index in [1.807, 2.05) is 0 Å². The van der Waals surface area contributed by atoms with Crippen LogP contribution < -0.4 is 0 Å². The Hall–Kier alpha value is -2.43. The highest BCUT2D eigenvalue weighted by molar-refractivity contribution is 5.96. The van der Waals surface area contributed by atoms with Gasteiger partial charge in [-0.2, -0.15) is 0 Å². The Kier molecular flexibility index (Phi) is 1.89. The monoisotopic (exact) mass is 230 g/mol. The van der Waals surface area contributed by atoms with Gasteiger partial charge in [0, 0.05) is 11.6 Å². The zero-order valence-electron chi connectivity index (χ0n) is 8.59. The van der Waals surface area contributed by atoms with E-state index in [4.69, 9.17) is 5.11 Å². The van der Waals surface area contributed by atoms with Gasteiger partial charge in [0.1, 0.15) is 11.5 Å². The number of fused-ring (bicyclic) bond motifs is 3. The maximum absolute atomic E-state index is 13.2. The number of halogens is 1. The molecule has 4 nitrogen and oxygen atoms in total. The molecule has 0 bridgehead atoms. The molecule has 2 aromatic heterocycles. The van der Waals surface area contributed by atoms with Gasteiger partial charge in [0.2, 0.25) is 0 Å². The second-order valence-electron chi connectivity index (χ2n) is 3.69. The molecule has 1 aromatic carbocycles. The minimum Gasteiger partial charge on any atom is -0.477 e. The van der Waals surface area contributed by atoms with E-state index in [1.54, 1.807) is 18.3 Å². The summed E-state index contributed by atoms with van der Waals surface area (Å²) in [6.45, 7) is 0. The predicted molar refractivity (Wildman–Crippen MR) is 59.6 cm³/mol. The van der Waals surface area contributed by atoms with Gasteiger partial charge in [0.25, 0.3) is 0 Å². The molecule has 0 aliphatic heterocycles. The molecule has 3 aromatic rings. The summed E-state index contributed by atoms with van der Waals surface area (Å²) in [5.74, 6) is -1.43. The third-order valence-electron chi connectivity index (χ3n) is 2.68. The number of nitrogens with zero attached hydrogens (tertiary/aromatic N) is 2. The molecule has 0 amide bonds. The van der Waals surface area contributed by atoms with Crippen molar-refractivity contribution in [3.8, 4) is 0 Å². The van der Waals surface area contributed by atoms with Gasteiger partial charge in [-0.15, -0.1) is 0 Å². The first-order chi connectivity index (χ1) is 8.16.